The summed E-state index contributed by atoms with van der Waals surface area (Å²) in [7, 11) is 0. The zero-order valence-corrected chi connectivity index (χ0v) is 18.3. The van der Waals surface area contributed by atoms with Crippen molar-refractivity contribution < 1.29 is 19.0 Å². The number of hydrogen-bond donors (Lipinski definition) is 0. The Kier molecular flexibility index (Phi) is 9.20. The van der Waals surface area contributed by atoms with Gasteiger partial charge in [0.05, 0.1) is 12.2 Å². The van der Waals surface area contributed by atoms with E-state index in [-0.39, 0.29) is 19.2 Å². The number of carbonyl (C=O) groups excluding carboxylic acids is 1. The lowest BCUT2D eigenvalue weighted by Gasteiger charge is -2.24. The van der Waals surface area contributed by atoms with Crippen LogP contribution in [0.3, 0.4) is 0 Å². The van der Waals surface area contributed by atoms with E-state index < -0.39 is 6.29 Å². The molecule has 2 rings (SSSR count). The van der Waals surface area contributed by atoms with E-state index >= 15 is 0 Å². The van der Waals surface area contributed by atoms with Crippen molar-refractivity contribution in [3.05, 3.63) is 65.7 Å². The smallest absolute Gasteiger partial charge is 0.338 e. The lowest BCUT2D eigenvalue weighted by Crippen LogP contribution is -2.20. The van der Waals surface area contributed by atoms with E-state index in [2.05, 4.69) is 39.8 Å². The minimum Gasteiger partial charge on any atom is -0.465 e. The maximum atomic E-state index is 11.9. The molecule has 0 heterocycles. The SMILES string of the molecule is CC(C)CC(c1cccc(OC(C)OCCOC(=O)c2ccccc2)c1)C(C)C. The number of hydrogen-bond acceptors (Lipinski definition) is 4. The minimum atomic E-state index is -0.428. The van der Waals surface area contributed by atoms with Crippen LogP contribution in [0, 0.1) is 11.8 Å². The van der Waals surface area contributed by atoms with Gasteiger partial charge < -0.3 is 14.2 Å². The van der Waals surface area contributed by atoms with Gasteiger partial charge in [-0.15, -0.1) is 0 Å². The predicted octanol–water partition coefficient (Wildman–Crippen LogP) is 6.07. The Hall–Kier alpha value is -2.33. The Balaban J connectivity index is 1.81. The molecule has 158 valence electrons. The molecule has 0 saturated heterocycles. The third-order valence-corrected chi connectivity index (χ3v) is 4.80. The fourth-order valence-corrected chi connectivity index (χ4v) is 3.35. The highest BCUT2D eigenvalue weighted by atomic mass is 16.7. The molecule has 4 heteroatoms. The van der Waals surface area contributed by atoms with E-state index in [0.717, 1.165) is 12.2 Å². The second-order valence-corrected chi connectivity index (χ2v) is 8.11. The topological polar surface area (TPSA) is 44.8 Å². The van der Waals surface area contributed by atoms with Crippen LogP contribution in [0.15, 0.2) is 54.6 Å². The van der Waals surface area contributed by atoms with Gasteiger partial charge >= 0.3 is 5.97 Å². The fraction of sp³-hybridized carbons (Fsp3) is 0.480. The molecule has 0 aliphatic rings. The van der Waals surface area contributed by atoms with Crippen LogP contribution in [0.5, 0.6) is 5.75 Å². The van der Waals surface area contributed by atoms with Gasteiger partial charge in [-0.25, -0.2) is 4.79 Å². The van der Waals surface area contributed by atoms with E-state index in [0.29, 0.717) is 23.3 Å². The number of benzene rings is 2. The van der Waals surface area contributed by atoms with Crippen LogP contribution in [0.1, 0.15) is 62.9 Å². The maximum absolute atomic E-state index is 11.9. The van der Waals surface area contributed by atoms with Crippen LogP contribution in [0.25, 0.3) is 0 Å². The normalized spacial score (nSPS) is 13.3. The van der Waals surface area contributed by atoms with Crippen LogP contribution in [0.2, 0.25) is 0 Å². The van der Waals surface area contributed by atoms with Crippen LogP contribution >= 0.6 is 0 Å². The number of carbonyl (C=O) groups is 1. The van der Waals surface area contributed by atoms with Gasteiger partial charge in [-0.05, 0) is 60.9 Å². The zero-order valence-electron chi connectivity index (χ0n) is 18.3. The molecule has 2 aromatic rings. The van der Waals surface area contributed by atoms with Crippen molar-refractivity contribution in [1.29, 1.82) is 0 Å². The van der Waals surface area contributed by atoms with Gasteiger partial charge in [0.1, 0.15) is 12.4 Å². The Morgan fingerprint density at radius 3 is 2.28 bits per heavy atom. The van der Waals surface area contributed by atoms with Crippen LogP contribution in [-0.2, 0) is 9.47 Å². The zero-order chi connectivity index (χ0) is 21.2. The largest absolute Gasteiger partial charge is 0.465 e. The van der Waals surface area contributed by atoms with Crippen molar-refractivity contribution in [2.45, 2.75) is 53.2 Å². The molecule has 0 amide bonds. The number of esters is 1. The van der Waals surface area contributed by atoms with Crippen molar-refractivity contribution in [1.82, 2.24) is 0 Å². The molecule has 0 bridgehead atoms. The van der Waals surface area contributed by atoms with Crippen molar-refractivity contribution in [3.8, 4) is 5.75 Å². The summed E-state index contributed by atoms with van der Waals surface area (Å²) >= 11 is 0. The molecule has 2 unspecified atom stereocenters. The predicted molar refractivity (Wildman–Crippen MR) is 116 cm³/mol. The molecule has 2 aromatic carbocycles. The van der Waals surface area contributed by atoms with Gasteiger partial charge in [-0.1, -0.05) is 58.0 Å². The monoisotopic (exact) mass is 398 g/mol. The lowest BCUT2D eigenvalue weighted by molar-refractivity contribution is -0.0784. The maximum Gasteiger partial charge on any atom is 0.338 e. The van der Waals surface area contributed by atoms with Gasteiger partial charge in [0, 0.05) is 0 Å². The van der Waals surface area contributed by atoms with E-state index in [9.17, 15) is 4.79 Å². The van der Waals surface area contributed by atoms with E-state index in [1.54, 1.807) is 12.1 Å². The van der Waals surface area contributed by atoms with Crippen LogP contribution in [-0.4, -0.2) is 25.5 Å². The molecule has 4 nitrogen and oxygen atoms in total. The van der Waals surface area contributed by atoms with Crippen molar-refractivity contribution >= 4 is 5.97 Å². The number of rotatable bonds is 11. The summed E-state index contributed by atoms with van der Waals surface area (Å²) in [6.07, 6.45) is 0.725. The standard InChI is InChI=1S/C25H34O4/c1-18(2)16-24(19(3)4)22-12-9-13-23(17-22)29-20(5)27-14-15-28-25(26)21-10-7-6-8-11-21/h6-13,17-20,24H,14-16H2,1-5H3. The average molecular weight is 399 g/mol. The Bertz CT molecular complexity index is 739. The fourth-order valence-electron chi connectivity index (χ4n) is 3.35. The van der Waals surface area contributed by atoms with Gasteiger partial charge in [0.15, 0.2) is 6.29 Å². The summed E-state index contributed by atoms with van der Waals surface area (Å²) in [4.78, 5) is 11.9. The molecule has 0 N–H and O–H groups in total. The molecule has 0 radical (unpaired) electrons. The van der Waals surface area contributed by atoms with E-state index in [1.165, 1.54) is 5.56 Å². The summed E-state index contributed by atoms with van der Waals surface area (Å²) < 4.78 is 16.8. The summed E-state index contributed by atoms with van der Waals surface area (Å²) in [5, 5.41) is 0. The molecule has 0 aromatic heterocycles. The Morgan fingerprint density at radius 1 is 0.897 bits per heavy atom. The van der Waals surface area contributed by atoms with E-state index in [1.807, 2.05) is 37.3 Å². The van der Waals surface area contributed by atoms with Crippen molar-refractivity contribution in [3.63, 3.8) is 0 Å². The third kappa shape index (κ3) is 7.90. The minimum absolute atomic E-state index is 0.186. The second kappa shape index (κ2) is 11.6. The molecule has 0 saturated carbocycles. The summed E-state index contributed by atoms with van der Waals surface area (Å²) in [5.41, 5.74) is 1.84. The lowest BCUT2D eigenvalue weighted by atomic mass is 9.82. The highest BCUT2D eigenvalue weighted by Crippen LogP contribution is 2.32. The molecule has 0 fully saturated rings. The van der Waals surface area contributed by atoms with Crippen LogP contribution in [0.4, 0.5) is 0 Å². The highest BCUT2D eigenvalue weighted by Gasteiger charge is 2.18. The summed E-state index contributed by atoms with van der Waals surface area (Å²) in [6.45, 7) is 11.4. The first kappa shape index (κ1) is 23.0. The average Bonchev–Trinajstić information content (AvgIpc) is 2.69. The number of ether oxygens (including phenoxy) is 3. The first-order valence-electron chi connectivity index (χ1n) is 10.5. The summed E-state index contributed by atoms with van der Waals surface area (Å²) in [5.74, 6) is 2.17. The third-order valence-electron chi connectivity index (χ3n) is 4.80. The van der Waals surface area contributed by atoms with Gasteiger partial charge in [0.25, 0.3) is 0 Å². The molecular formula is C25H34O4. The first-order valence-corrected chi connectivity index (χ1v) is 10.5. The molecule has 2 atom stereocenters. The van der Waals surface area contributed by atoms with E-state index in [4.69, 9.17) is 14.2 Å². The molecular weight excluding hydrogens is 364 g/mol. The van der Waals surface area contributed by atoms with Gasteiger partial charge in [0.2, 0.25) is 0 Å². The van der Waals surface area contributed by atoms with Crippen molar-refractivity contribution in [2.75, 3.05) is 13.2 Å². The highest BCUT2D eigenvalue weighted by molar-refractivity contribution is 5.89. The first-order chi connectivity index (χ1) is 13.9. The van der Waals surface area contributed by atoms with Crippen molar-refractivity contribution in [2.24, 2.45) is 11.8 Å². The van der Waals surface area contributed by atoms with Gasteiger partial charge in [-0.2, -0.15) is 0 Å². The molecule has 0 aliphatic carbocycles. The Labute approximate surface area is 175 Å². The summed E-state index contributed by atoms with van der Waals surface area (Å²) in [6, 6.07) is 17.2. The molecule has 29 heavy (non-hydrogen) atoms. The molecule has 0 aliphatic heterocycles. The quantitative estimate of drug-likeness (QED) is 0.262. The van der Waals surface area contributed by atoms with Crippen LogP contribution < -0.4 is 4.74 Å². The molecule has 0 spiro atoms. The Morgan fingerprint density at radius 2 is 1.62 bits per heavy atom. The van der Waals surface area contributed by atoms with Gasteiger partial charge in [-0.3, -0.25) is 0 Å². The second-order valence-electron chi connectivity index (χ2n) is 8.11.